The van der Waals surface area contributed by atoms with Crippen molar-refractivity contribution in [3.8, 4) is 23.8 Å². The predicted octanol–water partition coefficient (Wildman–Crippen LogP) is 1.93. The normalized spacial score (nSPS) is 13.7. The molecule has 0 heterocycles. The van der Waals surface area contributed by atoms with Crippen LogP contribution in [0.4, 0.5) is 0 Å². The maximum atomic E-state index is 10.2. The molecule has 1 atom stereocenters. The minimum atomic E-state index is -1.12. The van der Waals surface area contributed by atoms with E-state index in [1.165, 1.54) is 0 Å². The van der Waals surface area contributed by atoms with E-state index in [1.807, 2.05) is 0 Å². The fourth-order valence-electron chi connectivity index (χ4n) is 1.53. The van der Waals surface area contributed by atoms with E-state index in [9.17, 15) is 5.11 Å². The van der Waals surface area contributed by atoms with E-state index in [0.29, 0.717) is 17.1 Å². The number of terminal acetylenes is 1. The van der Waals surface area contributed by atoms with Gasteiger partial charge in [-0.2, -0.15) is 0 Å². The summed E-state index contributed by atoms with van der Waals surface area (Å²) in [5.74, 6) is 3.71. The SMILES string of the molecule is C#CC[C@](C)(O)c1cc(OC)ccc1OC. The van der Waals surface area contributed by atoms with E-state index in [1.54, 1.807) is 39.3 Å². The van der Waals surface area contributed by atoms with Crippen molar-refractivity contribution in [1.29, 1.82) is 0 Å². The molecular formula is C13H16O3. The Labute approximate surface area is 96.0 Å². The minimum absolute atomic E-state index is 0.219. The maximum Gasteiger partial charge on any atom is 0.125 e. The molecule has 0 unspecified atom stereocenters. The summed E-state index contributed by atoms with van der Waals surface area (Å²) in [7, 11) is 3.12. The van der Waals surface area contributed by atoms with E-state index in [0.717, 1.165) is 0 Å². The van der Waals surface area contributed by atoms with Crippen LogP contribution < -0.4 is 9.47 Å². The van der Waals surface area contributed by atoms with Gasteiger partial charge in [0, 0.05) is 12.0 Å². The number of benzene rings is 1. The van der Waals surface area contributed by atoms with Crippen LogP contribution in [0.5, 0.6) is 11.5 Å². The number of rotatable bonds is 4. The minimum Gasteiger partial charge on any atom is -0.497 e. The fraction of sp³-hybridized carbons (Fsp3) is 0.385. The highest BCUT2D eigenvalue weighted by Crippen LogP contribution is 2.34. The molecule has 0 aliphatic heterocycles. The van der Waals surface area contributed by atoms with Gasteiger partial charge in [-0.3, -0.25) is 0 Å². The van der Waals surface area contributed by atoms with Crippen LogP contribution in [-0.2, 0) is 5.60 Å². The van der Waals surface area contributed by atoms with E-state index >= 15 is 0 Å². The Hall–Kier alpha value is -1.66. The summed E-state index contributed by atoms with van der Waals surface area (Å²) in [4.78, 5) is 0. The molecule has 0 radical (unpaired) electrons. The van der Waals surface area contributed by atoms with Crippen LogP contribution in [0.2, 0.25) is 0 Å². The van der Waals surface area contributed by atoms with Crippen molar-refractivity contribution in [2.75, 3.05) is 14.2 Å². The first-order valence-corrected chi connectivity index (χ1v) is 4.93. The summed E-state index contributed by atoms with van der Waals surface area (Å²) in [5, 5.41) is 10.2. The second kappa shape index (κ2) is 4.91. The molecule has 0 aliphatic rings. The first-order valence-electron chi connectivity index (χ1n) is 4.93. The van der Waals surface area contributed by atoms with Gasteiger partial charge in [0.2, 0.25) is 0 Å². The van der Waals surface area contributed by atoms with Crippen LogP contribution in [0, 0.1) is 12.3 Å². The van der Waals surface area contributed by atoms with Crippen molar-refractivity contribution in [2.24, 2.45) is 0 Å². The number of ether oxygens (including phenoxy) is 2. The van der Waals surface area contributed by atoms with Crippen LogP contribution in [0.25, 0.3) is 0 Å². The van der Waals surface area contributed by atoms with Crippen molar-refractivity contribution in [3.05, 3.63) is 23.8 Å². The molecule has 0 amide bonds. The molecule has 16 heavy (non-hydrogen) atoms. The lowest BCUT2D eigenvalue weighted by molar-refractivity contribution is 0.0599. The Morgan fingerprint density at radius 3 is 2.56 bits per heavy atom. The molecule has 1 rings (SSSR count). The lowest BCUT2D eigenvalue weighted by Crippen LogP contribution is -2.21. The predicted molar refractivity (Wildman–Crippen MR) is 62.6 cm³/mol. The summed E-state index contributed by atoms with van der Waals surface area (Å²) < 4.78 is 10.3. The Morgan fingerprint density at radius 2 is 2.06 bits per heavy atom. The van der Waals surface area contributed by atoms with Crippen molar-refractivity contribution in [3.63, 3.8) is 0 Å². The Balaban J connectivity index is 3.23. The summed E-state index contributed by atoms with van der Waals surface area (Å²) in [6.45, 7) is 1.66. The van der Waals surface area contributed by atoms with Crippen LogP contribution in [0.15, 0.2) is 18.2 Å². The first-order chi connectivity index (χ1) is 7.55. The highest BCUT2D eigenvalue weighted by Gasteiger charge is 2.26. The van der Waals surface area contributed by atoms with Gasteiger partial charge in [0.1, 0.15) is 17.1 Å². The summed E-state index contributed by atoms with van der Waals surface area (Å²) in [6, 6.07) is 5.25. The number of hydrogen-bond acceptors (Lipinski definition) is 3. The lowest BCUT2D eigenvalue weighted by Gasteiger charge is -2.24. The lowest BCUT2D eigenvalue weighted by atomic mass is 9.92. The average Bonchev–Trinajstić information content (AvgIpc) is 2.28. The molecule has 3 heteroatoms. The van der Waals surface area contributed by atoms with Crippen molar-refractivity contribution < 1.29 is 14.6 Å². The molecular weight excluding hydrogens is 204 g/mol. The van der Waals surface area contributed by atoms with Gasteiger partial charge in [0.05, 0.1) is 14.2 Å². The molecule has 0 aliphatic carbocycles. The molecule has 0 bridgehead atoms. The molecule has 1 N–H and O–H groups in total. The van der Waals surface area contributed by atoms with E-state index in [-0.39, 0.29) is 6.42 Å². The van der Waals surface area contributed by atoms with Crippen LogP contribution in [0.3, 0.4) is 0 Å². The van der Waals surface area contributed by atoms with Gasteiger partial charge in [0.25, 0.3) is 0 Å². The van der Waals surface area contributed by atoms with Gasteiger partial charge in [0.15, 0.2) is 0 Å². The van der Waals surface area contributed by atoms with Gasteiger partial charge in [-0.15, -0.1) is 12.3 Å². The van der Waals surface area contributed by atoms with E-state index < -0.39 is 5.60 Å². The third-order valence-electron chi connectivity index (χ3n) is 2.43. The summed E-state index contributed by atoms with van der Waals surface area (Å²) in [6.07, 6.45) is 5.45. The van der Waals surface area contributed by atoms with E-state index in [2.05, 4.69) is 5.92 Å². The van der Waals surface area contributed by atoms with Gasteiger partial charge in [-0.25, -0.2) is 0 Å². The number of aliphatic hydroxyl groups is 1. The molecule has 1 aromatic rings. The third-order valence-corrected chi connectivity index (χ3v) is 2.43. The Kier molecular flexibility index (Phi) is 3.81. The molecule has 0 saturated carbocycles. The number of methoxy groups -OCH3 is 2. The zero-order valence-electron chi connectivity index (χ0n) is 9.78. The molecule has 3 nitrogen and oxygen atoms in total. The standard InChI is InChI=1S/C13H16O3/c1-5-8-13(2,14)11-9-10(15-3)6-7-12(11)16-4/h1,6-7,9,14H,8H2,2-4H3/t13-/m0/s1. The fourth-order valence-corrected chi connectivity index (χ4v) is 1.53. The number of hydrogen-bond donors (Lipinski definition) is 1. The zero-order chi connectivity index (χ0) is 12.2. The molecule has 0 fully saturated rings. The second-order valence-corrected chi connectivity index (χ2v) is 3.72. The van der Waals surface area contributed by atoms with Gasteiger partial charge in [-0.05, 0) is 25.1 Å². The first kappa shape index (κ1) is 12.4. The highest BCUT2D eigenvalue weighted by molar-refractivity contribution is 5.44. The van der Waals surface area contributed by atoms with Crippen molar-refractivity contribution in [1.82, 2.24) is 0 Å². The molecule has 0 spiro atoms. The maximum absolute atomic E-state index is 10.2. The molecule has 1 aromatic carbocycles. The highest BCUT2D eigenvalue weighted by atomic mass is 16.5. The van der Waals surface area contributed by atoms with Crippen molar-refractivity contribution >= 4 is 0 Å². The van der Waals surface area contributed by atoms with Gasteiger partial charge in [-0.1, -0.05) is 0 Å². The second-order valence-electron chi connectivity index (χ2n) is 3.72. The van der Waals surface area contributed by atoms with Gasteiger partial charge >= 0.3 is 0 Å². The summed E-state index contributed by atoms with van der Waals surface area (Å²) >= 11 is 0. The topological polar surface area (TPSA) is 38.7 Å². The van der Waals surface area contributed by atoms with Crippen molar-refractivity contribution in [2.45, 2.75) is 18.9 Å². The largest absolute Gasteiger partial charge is 0.497 e. The van der Waals surface area contributed by atoms with Gasteiger partial charge < -0.3 is 14.6 Å². The van der Waals surface area contributed by atoms with Crippen LogP contribution in [0.1, 0.15) is 18.9 Å². The Bertz CT molecular complexity index is 402. The molecule has 0 aromatic heterocycles. The average molecular weight is 220 g/mol. The monoisotopic (exact) mass is 220 g/mol. The molecule has 86 valence electrons. The quantitative estimate of drug-likeness (QED) is 0.788. The Morgan fingerprint density at radius 1 is 1.38 bits per heavy atom. The third kappa shape index (κ3) is 2.47. The zero-order valence-corrected chi connectivity index (χ0v) is 9.78. The van der Waals surface area contributed by atoms with E-state index in [4.69, 9.17) is 15.9 Å². The smallest absolute Gasteiger partial charge is 0.125 e. The molecule has 0 saturated heterocycles. The van der Waals surface area contributed by atoms with Crippen LogP contribution in [-0.4, -0.2) is 19.3 Å². The van der Waals surface area contributed by atoms with Crippen LogP contribution >= 0.6 is 0 Å². The summed E-state index contributed by atoms with van der Waals surface area (Å²) in [5.41, 5.74) is -0.485.